The Hall–Kier alpha value is -1.43. The van der Waals surface area contributed by atoms with Crippen LogP contribution in [0.15, 0.2) is 0 Å². The van der Waals surface area contributed by atoms with Gasteiger partial charge in [-0.2, -0.15) is 0 Å². The highest BCUT2D eigenvalue weighted by Crippen LogP contribution is 2.14. The van der Waals surface area contributed by atoms with E-state index in [1.165, 1.54) is 0 Å². The zero-order chi connectivity index (χ0) is 14.8. The van der Waals surface area contributed by atoms with Gasteiger partial charge in [0.2, 0.25) is 5.91 Å². The highest BCUT2D eigenvalue weighted by Gasteiger charge is 2.25. The first-order valence-electron chi connectivity index (χ1n) is 6.71. The first-order chi connectivity index (χ1) is 8.96. The van der Waals surface area contributed by atoms with E-state index in [9.17, 15) is 14.4 Å². The smallest absolute Gasteiger partial charge is 0.303 e. The number of ketones is 1. The van der Waals surface area contributed by atoms with Gasteiger partial charge in [0.05, 0.1) is 12.5 Å². The Morgan fingerprint density at radius 2 is 1.84 bits per heavy atom. The summed E-state index contributed by atoms with van der Waals surface area (Å²) in [4.78, 5) is 34.0. The van der Waals surface area contributed by atoms with Crippen LogP contribution in [0.5, 0.6) is 0 Å². The maximum Gasteiger partial charge on any atom is 0.303 e. The predicted octanol–water partition coefficient (Wildman–Crippen LogP) is 0.690. The molecule has 0 aromatic heterocycles. The van der Waals surface area contributed by atoms with E-state index >= 15 is 0 Å². The van der Waals surface area contributed by atoms with Crippen molar-refractivity contribution in [3.8, 4) is 0 Å². The van der Waals surface area contributed by atoms with Crippen LogP contribution in [0.4, 0.5) is 0 Å². The number of hydrogen-bond donors (Lipinski definition) is 3. The Labute approximate surface area is 113 Å². The Morgan fingerprint density at radius 1 is 1.21 bits per heavy atom. The van der Waals surface area contributed by atoms with Crippen molar-refractivity contribution in [1.29, 1.82) is 0 Å². The molecule has 0 aromatic rings. The fraction of sp³-hybridized carbons (Fsp3) is 0.769. The molecule has 0 rings (SSSR count). The lowest BCUT2D eigenvalue weighted by Crippen LogP contribution is -2.48. The number of carbonyl (C=O) groups is 3. The van der Waals surface area contributed by atoms with Crippen molar-refractivity contribution in [2.75, 3.05) is 6.54 Å². The maximum atomic E-state index is 12.2. The Morgan fingerprint density at radius 3 is 2.26 bits per heavy atom. The Balaban J connectivity index is 4.43. The number of Topliss-reactive ketones (excluding diaryl/α,β-unsaturated/α-hetero) is 1. The number of hydrogen-bond acceptors (Lipinski definition) is 4. The van der Waals surface area contributed by atoms with Gasteiger partial charge >= 0.3 is 5.97 Å². The van der Waals surface area contributed by atoms with E-state index in [1.54, 1.807) is 0 Å². The summed E-state index contributed by atoms with van der Waals surface area (Å²) >= 11 is 0. The van der Waals surface area contributed by atoms with Crippen molar-refractivity contribution in [2.45, 2.75) is 52.0 Å². The zero-order valence-corrected chi connectivity index (χ0v) is 11.6. The van der Waals surface area contributed by atoms with Gasteiger partial charge in [-0.15, -0.1) is 0 Å². The highest BCUT2D eigenvalue weighted by molar-refractivity contribution is 5.91. The molecular weight excluding hydrogens is 248 g/mol. The minimum Gasteiger partial charge on any atom is -0.481 e. The standard InChI is InChI=1S/C13H24N2O4/c1-3-5-9(4-2)13(19)10(8-14)15-11(16)6-7-12(17)18/h9-10H,3-8,14H2,1-2H3,(H,15,16)(H,17,18)/t9?,10-/m1/s1. The Kier molecular flexibility index (Phi) is 8.78. The molecule has 0 saturated carbocycles. The molecule has 1 amide bonds. The van der Waals surface area contributed by atoms with Crippen LogP contribution in [0, 0.1) is 5.92 Å². The monoisotopic (exact) mass is 272 g/mol. The number of carbonyl (C=O) groups excluding carboxylic acids is 2. The third-order valence-corrected chi connectivity index (χ3v) is 3.01. The molecule has 6 nitrogen and oxygen atoms in total. The van der Waals surface area contributed by atoms with E-state index < -0.39 is 17.9 Å². The van der Waals surface area contributed by atoms with Crippen molar-refractivity contribution in [2.24, 2.45) is 11.7 Å². The minimum atomic E-state index is -1.04. The molecule has 0 aliphatic rings. The van der Waals surface area contributed by atoms with Crippen LogP contribution >= 0.6 is 0 Å². The van der Waals surface area contributed by atoms with Gasteiger partial charge in [-0.05, 0) is 12.8 Å². The summed E-state index contributed by atoms with van der Waals surface area (Å²) in [5, 5.41) is 11.0. The zero-order valence-electron chi connectivity index (χ0n) is 11.6. The van der Waals surface area contributed by atoms with Crippen molar-refractivity contribution in [1.82, 2.24) is 5.32 Å². The molecule has 0 bridgehead atoms. The number of nitrogens with two attached hydrogens (primary N) is 1. The molecule has 19 heavy (non-hydrogen) atoms. The number of carboxylic acids is 1. The van der Waals surface area contributed by atoms with Crippen LogP contribution in [0.2, 0.25) is 0 Å². The third-order valence-electron chi connectivity index (χ3n) is 3.01. The first-order valence-corrected chi connectivity index (χ1v) is 6.71. The van der Waals surface area contributed by atoms with Crippen LogP contribution in [0.1, 0.15) is 46.0 Å². The molecular formula is C13H24N2O4. The largest absolute Gasteiger partial charge is 0.481 e. The molecule has 0 saturated heterocycles. The number of nitrogens with one attached hydrogen (secondary N) is 1. The molecule has 0 aliphatic carbocycles. The van der Waals surface area contributed by atoms with Crippen LogP contribution in [-0.4, -0.2) is 35.4 Å². The molecule has 110 valence electrons. The van der Waals surface area contributed by atoms with Gasteiger partial charge in [0.15, 0.2) is 5.78 Å². The van der Waals surface area contributed by atoms with Crippen LogP contribution in [0.25, 0.3) is 0 Å². The molecule has 0 heterocycles. The van der Waals surface area contributed by atoms with Crippen molar-refractivity contribution in [3.05, 3.63) is 0 Å². The van der Waals surface area contributed by atoms with Crippen LogP contribution in [-0.2, 0) is 14.4 Å². The van der Waals surface area contributed by atoms with Crippen molar-refractivity contribution < 1.29 is 19.5 Å². The fourth-order valence-corrected chi connectivity index (χ4v) is 1.91. The number of rotatable bonds is 10. The summed E-state index contributed by atoms with van der Waals surface area (Å²) < 4.78 is 0. The lowest BCUT2D eigenvalue weighted by atomic mass is 9.91. The van der Waals surface area contributed by atoms with Crippen molar-refractivity contribution >= 4 is 17.7 Å². The average molecular weight is 272 g/mol. The van der Waals surface area contributed by atoms with E-state index in [4.69, 9.17) is 10.8 Å². The summed E-state index contributed by atoms with van der Waals surface area (Å²) in [6, 6.07) is -0.710. The second-order valence-corrected chi connectivity index (χ2v) is 4.55. The third kappa shape index (κ3) is 6.91. The van der Waals surface area contributed by atoms with E-state index in [2.05, 4.69) is 5.32 Å². The fourth-order valence-electron chi connectivity index (χ4n) is 1.91. The average Bonchev–Trinajstić information content (AvgIpc) is 2.39. The minimum absolute atomic E-state index is 0.0395. The molecule has 6 heteroatoms. The van der Waals surface area contributed by atoms with E-state index in [-0.39, 0.29) is 31.1 Å². The SMILES string of the molecule is CCCC(CC)C(=O)[C@@H](CN)NC(=O)CCC(=O)O. The number of amides is 1. The summed E-state index contributed by atoms with van der Waals surface area (Å²) in [5.41, 5.74) is 5.51. The predicted molar refractivity (Wildman–Crippen MR) is 71.6 cm³/mol. The highest BCUT2D eigenvalue weighted by atomic mass is 16.4. The summed E-state index contributed by atoms with van der Waals surface area (Å²) in [7, 11) is 0. The lowest BCUT2D eigenvalue weighted by Gasteiger charge is -2.21. The van der Waals surface area contributed by atoms with Gasteiger partial charge in [0.25, 0.3) is 0 Å². The van der Waals surface area contributed by atoms with E-state index in [0.717, 1.165) is 12.8 Å². The Bertz CT molecular complexity index is 318. The topological polar surface area (TPSA) is 109 Å². The molecule has 0 aliphatic heterocycles. The molecule has 0 aromatic carbocycles. The van der Waals surface area contributed by atoms with Gasteiger partial charge in [-0.25, -0.2) is 0 Å². The second kappa shape index (κ2) is 9.49. The van der Waals surface area contributed by atoms with Gasteiger partial charge < -0.3 is 16.2 Å². The molecule has 0 radical (unpaired) electrons. The summed E-state index contributed by atoms with van der Waals surface area (Å²) in [6.45, 7) is 3.97. The molecule has 0 spiro atoms. The molecule has 0 fully saturated rings. The van der Waals surface area contributed by atoms with E-state index in [1.807, 2.05) is 13.8 Å². The maximum absolute atomic E-state index is 12.2. The van der Waals surface area contributed by atoms with Crippen LogP contribution < -0.4 is 11.1 Å². The normalized spacial score (nSPS) is 13.6. The van der Waals surface area contributed by atoms with Gasteiger partial charge in [0, 0.05) is 18.9 Å². The molecule has 2 atom stereocenters. The van der Waals surface area contributed by atoms with Gasteiger partial charge in [-0.3, -0.25) is 14.4 Å². The number of carboxylic acid groups (broad SMARTS) is 1. The van der Waals surface area contributed by atoms with Crippen molar-refractivity contribution in [3.63, 3.8) is 0 Å². The first kappa shape index (κ1) is 17.6. The molecule has 1 unspecified atom stereocenters. The summed E-state index contributed by atoms with van der Waals surface area (Å²) in [6.07, 6.45) is 2.01. The quantitative estimate of drug-likeness (QED) is 0.542. The molecule has 4 N–H and O–H groups in total. The summed E-state index contributed by atoms with van der Waals surface area (Å²) in [5.74, 6) is -1.64. The van der Waals surface area contributed by atoms with Gasteiger partial charge in [-0.1, -0.05) is 20.3 Å². The number of aliphatic carboxylic acids is 1. The van der Waals surface area contributed by atoms with Crippen LogP contribution in [0.3, 0.4) is 0 Å². The van der Waals surface area contributed by atoms with Gasteiger partial charge in [0.1, 0.15) is 0 Å². The lowest BCUT2D eigenvalue weighted by molar-refractivity contribution is -0.139. The second-order valence-electron chi connectivity index (χ2n) is 4.55. The van der Waals surface area contributed by atoms with E-state index in [0.29, 0.717) is 6.42 Å².